The Morgan fingerprint density at radius 1 is 0.726 bits per heavy atom. The predicted molar refractivity (Wildman–Crippen MR) is 240 cm³/mol. The van der Waals surface area contributed by atoms with Gasteiger partial charge in [0.05, 0.1) is 58.4 Å². The second kappa shape index (κ2) is 24.4. The quantitative estimate of drug-likeness (QED) is 0.0221. The van der Waals surface area contributed by atoms with E-state index in [1.165, 1.54) is 0 Å². The van der Waals surface area contributed by atoms with Gasteiger partial charge in [-0.25, -0.2) is 16.0 Å². The summed E-state index contributed by atoms with van der Waals surface area (Å²) in [5.74, 6) is 0.641. The molecule has 0 spiro atoms. The molecule has 1 fully saturated rings. The average molecular weight is 871 g/mol. The minimum Gasteiger partial charge on any atom is -0.497 e. The van der Waals surface area contributed by atoms with Crippen LogP contribution in [0.3, 0.4) is 0 Å². The number of hydrogen-bond donors (Lipinski definition) is 0. The predicted octanol–water partition coefficient (Wildman–Crippen LogP) is 9.71. The molecule has 0 N–H and O–H groups in total. The summed E-state index contributed by atoms with van der Waals surface area (Å²) in [6, 6.07) is 35.0. The highest BCUT2D eigenvalue weighted by atomic mass is 31.2. The van der Waals surface area contributed by atoms with E-state index >= 15 is 0 Å². The van der Waals surface area contributed by atoms with Crippen LogP contribution < -0.4 is 9.47 Å². The number of methoxy groups -OCH3 is 2. The van der Waals surface area contributed by atoms with Gasteiger partial charge >= 0.3 is 5.97 Å². The number of carbonyl (C=O) groups excluding carboxylic acids is 1. The number of esters is 1. The first-order chi connectivity index (χ1) is 30.1. The van der Waals surface area contributed by atoms with E-state index in [4.69, 9.17) is 48.8 Å². The summed E-state index contributed by atoms with van der Waals surface area (Å²) < 4.78 is 58.6. The summed E-state index contributed by atoms with van der Waals surface area (Å²) in [6.45, 7) is 21.0. The Balaban J connectivity index is 1.36. The lowest BCUT2D eigenvalue weighted by Crippen LogP contribution is -2.56. The van der Waals surface area contributed by atoms with Crippen molar-refractivity contribution in [2.45, 2.75) is 90.2 Å². The third-order valence-corrected chi connectivity index (χ3v) is 12.8. The molecule has 0 bridgehead atoms. The molecule has 0 aromatic heterocycles. The lowest BCUT2D eigenvalue weighted by molar-refractivity contribution is -0.291. The van der Waals surface area contributed by atoms with Crippen LogP contribution in [0.5, 0.6) is 11.5 Å². The van der Waals surface area contributed by atoms with E-state index < -0.39 is 38.6 Å². The molecule has 13 heteroatoms. The molecular formula is C49H63N2O10P. The Kier molecular flexibility index (Phi) is 19.2. The minimum atomic E-state index is -1.42. The average Bonchev–Trinajstić information content (AvgIpc) is 3.29. The lowest BCUT2D eigenvalue weighted by Gasteiger charge is -2.44. The Morgan fingerprint density at radius 3 is 1.79 bits per heavy atom. The molecular weight excluding hydrogens is 808 g/mol. The van der Waals surface area contributed by atoms with Crippen molar-refractivity contribution in [3.8, 4) is 11.5 Å². The summed E-state index contributed by atoms with van der Waals surface area (Å²) >= 11 is 0. The highest BCUT2D eigenvalue weighted by Gasteiger charge is 2.47. The molecule has 1 heterocycles. The van der Waals surface area contributed by atoms with Crippen molar-refractivity contribution in [3.63, 3.8) is 0 Å². The molecule has 1 saturated heterocycles. The zero-order valence-electron chi connectivity index (χ0n) is 37.3. The van der Waals surface area contributed by atoms with E-state index in [0.717, 1.165) is 28.2 Å². The van der Waals surface area contributed by atoms with Crippen molar-refractivity contribution in [1.82, 2.24) is 4.67 Å². The van der Waals surface area contributed by atoms with E-state index in [0.29, 0.717) is 12.0 Å². The van der Waals surface area contributed by atoms with Gasteiger partial charge in [0.25, 0.3) is 8.53 Å². The van der Waals surface area contributed by atoms with Crippen molar-refractivity contribution in [2.24, 2.45) is 5.92 Å². The lowest BCUT2D eigenvalue weighted by atomic mass is 9.80. The molecule has 1 aliphatic heterocycles. The second-order valence-electron chi connectivity index (χ2n) is 15.5. The fourth-order valence-electron chi connectivity index (χ4n) is 7.79. The van der Waals surface area contributed by atoms with Crippen LogP contribution in [0.1, 0.15) is 75.0 Å². The zero-order chi connectivity index (χ0) is 44.5. The van der Waals surface area contributed by atoms with Gasteiger partial charge in [-0.05, 0) is 87.2 Å². The highest BCUT2D eigenvalue weighted by molar-refractivity contribution is 7.44. The molecule has 4 aromatic carbocycles. The highest BCUT2D eigenvalue weighted by Crippen LogP contribution is 2.46. The molecule has 4 aromatic rings. The van der Waals surface area contributed by atoms with Gasteiger partial charge in [0.15, 0.2) is 12.4 Å². The van der Waals surface area contributed by atoms with Gasteiger partial charge in [-0.3, -0.25) is 0 Å². The minimum absolute atomic E-state index is 0.118. The number of ether oxygens (including phenoxy) is 7. The molecule has 6 atom stereocenters. The van der Waals surface area contributed by atoms with Crippen molar-refractivity contribution in [3.05, 3.63) is 143 Å². The van der Waals surface area contributed by atoms with Crippen LogP contribution in [-0.4, -0.2) is 101 Å². The molecule has 6 unspecified atom stereocenters. The largest absolute Gasteiger partial charge is 0.497 e. The van der Waals surface area contributed by atoms with E-state index in [2.05, 4.69) is 37.2 Å². The first kappa shape index (κ1) is 48.6. The number of hydrogen-bond acceptors (Lipinski definition) is 11. The van der Waals surface area contributed by atoms with Crippen LogP contribution in [0.4, 0.5) is 0 Å². The summed E-state index contributed by atoms with van der Waals surface area (Å²) in [5.41, 5.74) is 2.09. The van der Waals surface area contributed by atoms with Gasteiger partial charge in [-0.2, -0.15) is 0 Å². The van der Waals surface area contributed by atoms with Gasteiger partial charge in [-0.15, -0.1) is 0 Å². The summed E-state index contributed by atoms with van der Waals surface area (Å²) in [5, 5.41) is 0. The Hall–Kier alpha value is -4.41. The Bertz CT molecular complexity index is 1890. The molecule has 0 amide bonds. The maximum Gasteiger partial charge on any atom is 0.338 e. The van der Waals surface area contributed by atoms with Crippen molar-refractivity contribution >= 4 is 14.5 Å². The first-order valence-electron chi connectivity index (χ1n) is 21.4. The molecule has 1 aliphatic rings. The van der Waals surface area contributed by atoms with Crippen LogP contribution >= 0.6 is 8.53 Å². The molecule has 0 aliphatic carbocycles. The third kappa shape index (κ3) is 12.4. The van der Waals surface area contributed by atoms with Crippen molar-refractivity contribution in [1.29, 1.82) is 0 Å². The third-order valence-electron chi connectivity index (χ3n) is 10.7. The van der Waals surface area contributed by atoms with Crippen LogP contribution in [0.2, 0.25) is 0 Å². The summed E-state index contributed by atoms with van der Waals surface area (Å²) in [7, 11) is 1.86. The van der Waals surface area contributed by atoms with Crippen LogP contribution in [0.25, 0.3) is 4.85 Å². The smallest absolute Gasteiger partial charge is 0.338 e. The van der Waals surface area contributed by atoms with Gasteiger partial charge in [-0.1, -0.05) is 86.6 Å². The normalized spacial score (nSPS) is 19.6. The topological polar surface area (TPSA) is 108 Å². The molecule has 62 heavy (non-hydrogen) atoms. The Labute approximate surface area is 369 Å². The van der Waals surface area contributed by atoms with E-state index in [-0.39, 0.29) is 63.7 Å². The molecule has 0 saturated carbocycles. The first-order valence-corrected chi connectivity index (χ1v) is 22.5. The molecule has 12 nitrogen and oxygen atoms in total. The van der Waals surface area contributed by atoms with E-state index in [9.17, 15) is 4.79 Å². The number of nitrogens with zero attached hydrogens (tertiary/aromatic N) is 2. The van der Waals surface area contributed by atoms with Gasteiger partial charge in [0.1, 0.15) is 23.7 Å². The van der Waals surface area contributed by atoms with Crippen LogP contribution in [0, 0.1) is 12.5 Å². The number of benzene rings is 4. The SMILES string of the molecule is [C-]#[N+]CCOP(OCCOC1C(CC)OC(OCCOC(c2ccccc2)(c2ccc(OC)cc2)c2ccc(OC)cc2)C(OC(=O)c2ccccc2)C1C)N(C(C)C)C(C)C. The van der Waals surface area contributed by atoms with Crippen molar-refractivity contribution < 1.29 is 47.0 Å². The monoisotopic (exact) mass is 870 g/mol. The summed E-state index contributed by atoms with van der Waals surface area (Å²) in [4.78, 5) is 17.1. The number of carbonyl (C=O) groups is 1. The Morgan fingerprint density at radius 2 is 1.26 bits per heavy atom. The molecule has 334 valence electrons. The summed E-state index contributed by atoms with van der Waals surface area (Å²) in [6.07, 6.45) is -1.92. The zero-order valence-corrected chi connectivity index (χ0v) is 38.2. The van der Waals surface area contributed by atoms with Gasteiger partial charge < -0.3 is 47.1 Å². The fourth-order valence-corrected chi connectivity index (χ4v) is 9.36. The van der Waals surface area contributed by atoms with Gasteiger partial charge in [0.2, 0.25) is 6.54 Å². The van der Waals surface area contributed by atoms with Gasteiger partial charge in [0, 0.05) is 18.0 Å². The number of rotatable bonds is 24. The van der Waals surface area contributed by atoms with E-state index in [1.54, 1.807) is 38.5 Å². The van der Waals surface area contributed by atoms with Crippen molar-refractivity contribution in [2.75, 3.05) is 53.8 Å². The van der Waals surface area contributed by atoms with Crippen LogP contribution in [-0.2, 0) is 38.3 Å². The van der Waals surface area contributed by atoms with Crippen LogP contribution in [0.15, 0.2) is 109 Å². The van der Waals surface area contributed by atoms with E-state index in [1.807, 2.05) is 98.8 Å². The molecule has 0 radical (unpaired) electrons. The molecule has 5 rings (SSSR count). The standard InChI is InChI=1S/C49H63N2O10P/c1-10-44-45(55-32-34-59-62(58-30-29-50-7)51(35(2)3)36(4)5)37(6)46(61-47(52)38-17-13-11-14-18-38)48(60-44)56-31-33-57-49(39-19-15-12-16-20-39,40-21-25-42(53-8)26-22-40)41-23-27-43(54-9)28-24-41/h11-28,35-37,44-46,48H,10,29-34H2,1-6,8-9H3. The second-order valence-corrected chi connectivity index (χ2v) is 16.9. The fraction of sp³-hybridized carbons (Fsp3) is 0.469. The maximum absolute atomic E-state index is 13.6. The maximum atomic E-state index is 13.6.